The van der Waals surface area contributed by atoms with Gasteiger partial charge >= 0.3 is 0 Å². The van der Waals surface area contributed by atoms with Gasteiger partial charge in [-0.15, -0.1) is 0 Å². The zero-order chi connectivity index (χ0) is 20.4. The Morgan fingerprint density at radius 3 is 2.55 bits per heavy atom. The van der Waals surface area contributed by atoms with E-state index in [1.54, 1.807) is 21.9 Å². The van der Waals surface area contributed by atoms with Gasteiger partial charge in [-0.3, -0.25) is 9.59 Å². The Morgan fingerprint density at radius 2 is 1.90 bits per heavy atom. The molecule has 1 saturated heterocycles. The van der Waals surface area contributed by atoms with Crippen LogP contribution >= 0.6 is 0 Å². The molecule has 1 fully saturated rings. The van der Waals surface area contributed by atoms with E-state index in [1.807, 2.05) is 56.4 Å². The number of imidazole rings is 1. The van der Waals surface area contributed by atoms with Crippen LogP contribution in [0.2, 0.25) is 0 Å². The van der Waals surface area contributed by atoms with Gasteiger partial charge in [-0.2, -0.15) is 0 Å². The van der Waals surface area contributed by atoms with Crippen LogP contribution < -0.4 is 5.56 Å². The molecule has 3 heterocycles. The number of aromatic amines is 1. The molecule has 150 valence electrons. The highest BCUT2D eigenvalue weighted by Gasteiger charge is 2.28. The predicted octanol–water partition coefficient (Wildman–Crippen LogP) is 3.51. The maximum atomic E-state index is 13.2. The van der Waals surface area contributed by atoms with E-state index in [2.05, 4.69) is 9.97 Å². The van der Waals surface area contributed by atoms with Gasteiger partial charge in [0.2, 0.25) is 0 Å². The number of aromatic nitrogens is 3. The van der Waals surface area contributed by atoms with Gasteiger partial charge in [0.1, 0.15) is 11.4 Å². The summed E-state index contributed by atoms with van der Waals surface area (Å²) >= 11 is 0. The topological polar surface area (TPSA) is 71.0 Å². The van der Waals surface area contributed by atoms with Gasteiger partial charge < -0.3 is 14.5 Å². The molecule has 1 amide bonds. The third kappa shape index (κ3) is 3.75. The molecule has 2 aromatic heterocycles. The number of amides is 1. The third-order valence-corrected chi connectivity index (χ3v) is 5.93. The zero-order valence-electron chi connectivity index (χ0n) is 16.8. The lowest BCUT2D eigenvalue weighted by Crippen LogP contribution is -2.42. The Kier molecular flexibility index (Phi) is 5.34. The second-order valence-corrected chi connectivity index (χ2v) is 7.71. The van der Waals surface area contributed by atoms with Crippen molar-refractivity contribution in [3.05, 3.63) is 87.9 Å². The first-order valence-electron chi connectivity index (χ1n) is 10.1. The van der Waals surface area contributed by atoms with Gasteiger partial charge in [0.25, 0.3) is 11.5 Å². The molecule has 1 aromatic carbocycles. The molecule has 3 aromatic rings. The second-order valence-electron chi connectivity index (χ2n) is 7.71. The molecule has 1 aliphatic heterocycles. The van der Waals surface area contributed by atoms with E-state index in [-0.39, 0.29) is 23.1 Å². The summed E-state index contributed by atoms with van der Waals surface area (Å²) in [6, 6.07) is 11.6. The number of carbonyl (C=O) groups is 1. The zero-order valence-corrected chi connectivity index (χ0v) is 16.8. The summed E-state index contributed by atoms with van der Waals surface area (Å²) < 4.78 is 1.66. The summed E-state index contributed by atoms with van der Waals surface area (Å²) in [4.78, 5) is 35.8. The van der Waals surface area contributed by atoms with Crippen LogP contribution in [-0.4, -0.2) is 38.4 Å². The minimum atomic E-state index is -0.223. The molecule has 1 unspecified atom stereocenters. The number of H-pyrrole nitrogens is 1. The van der Waals surface area contributed by atoms with Crippen molar-refractivity contribution in [2.75, 3.05) is 13.1 Å². The van der Waals surface area contributed by atoms with Gasteiger partial charge in [-0.05, 0) is 43.9 Å². The SMILES string of the molecule is Cc1ccn(C(C)c2ccccc2)c(=O)c1C(=O)N1CCC(c2ncc[nH]2)CC1. The van der Waals surface area contributed by atoms with Crippen molar-refractivity contribution >= 4 is 5.91 Å². The van der Waals surface area contributed by atoms with Gasteiger partial charge in [-0.25, -0.2) is 4.98 Å². The van der Waals surface area contributed by atoms with E-state index in [4.69, 9.17) is 0 Å². The van der Waals surface area contributed by atoms with Crippen molar-refractivity contribution in [2.45, 2.75) is 38.6 Å². The predicted molar refractivity (Wildman–Crippen MR) is 112 cm³/mol. The molecular weight excluding hydrogens is 364 g/mol. The van der Waals surface area contributed by atoms with Crippen molar-refractivity contribution in [1.82, 2.24) is 19.4 Å². The van der Waals surface area contributed by atoms with E-state index in [1.165, 1.54) is 0 Å². The molecule has 6 heteroatoms. The van der Waals surface area contributed by atoms with Crippen molar-refractivity contribution in [3.8, 4) is 0 Å². The highest BCUT2D eigenvalue weighted by atomic mass is 16.2. The number of hydrogen-bond donors (Lipinski definition) is 1. The molecular formula is C23H26N4O2. The van der Waals surface area contributed by atoms with Crippen LogP contribution in [0.1, 0.15) is 59.0 Å². The van der Waals surface area contributed by atoms with Crippen LogP contribution in [0.5, 0.6) is 0 Å². The van der Waals surface area contributed by atoms with E-state index in [0.29, 0.717) is 19.0 Å². The van der Waals surface area contributed by atoms with Gasteiger partial charge in [0, 0.05) is 37.6 Å². The van der Waals surface area contributed by atoms with Crippen LogP contribution in [0.4, 0.5) is 0 Å². The fraction of sp³-hybridized carbons (Fsp3) is 0.348. The number of piperidine rings is 1. The number of rotatable bonds is 4. The Morgan fingerprint density at radius 1 is 1.17 bits per heavy atom. The molecule has 1 N–H and O–H groups in total. The number of carbonyl (C=O) groups excluding carboxylic acids is 1. The first-order chi connectivity index (χ1) is 14.1. The summed E-state index contributed by atoms with van der Waals surface area (Å²) in [5.41, 5.74) is 1.83. The number of hydrogen-bond acceptors (Lipinski definition) is 3. The lowest BCUT2D eigenvalue weighted by atomic mass is 9.95. The smallest absolute Gasteiger partial charge is 0.264 e. The summed E-state index contributed by atoms with van der Waals surface area (Å²) in [5, 5.41) is 0. The molecule has 0 bridgehead atoms. The molecule has 0 spiro atoms. The summed E-state index contributed by atoms with van der Waals surface area (Å²) in [6.45, 7) is 5.08. The van der Waals surface area contributed by atoms with Crippen LogP contribution in [0, 0.1) is 6.92 Å². The first-order valence-corrected chi connectivity index (χ1v) is 10.1. The summed E-state index contributed by atoms with van der Waals surface area (Å²) in [7, 11) is 0. The Hall–Kier alpha value is -3.15. The van der Waals surface area contributed by atoms with Gasteiger partial charge in [0.15, 0.2) is 0 Å². The fourth-order valence-corrected chi connectivity index (χ4v) is 4.11. The first kappa shape index (κ1) is 19.2. The minimum absolute atomic E-state index is 0.138. The van der Waals surface area contributed by atoms with Crippen molar-refractivity contribution in [1.29, 1.82) is 0 Å². The quantitative estimate of drug-likeness (QED) is 0.741. The third-order valence-electron chi connectivity index (χ3n) is 5.93. The van der Waals surface area contributed by atoms with Crippen molar-refractivity contribution in [3.63, 3.8) is 0 Å². The normalized spacial score (nSPS) is 16.0. The molecule has 0 radical (unpaired) electrons. The molecule has 6 nitrogen and oxygen atoms in total. The monoisotopic (exact) mass is 390 g/mol. The van der Waals surface area contributed by atoms with Crippen LogP contribution in [0.25, 0.3) is 0 Å². The number of likely N-dealkylation sites (tertiary alicyclic amines) is 1. The molecule has 1 atom stereocenters. The van der Waals surface area contributed by atoms with Crippen LogP contribution in [0.3, 0.4) is 0 Å². The Balaban J connectivity index is 1.57. The van der Waals surface area contributed by atoms with Gasteiger partial charge in [-0.1, -0.05) is 30.3 Å². The van der Waals surface area contributed by atoms with E-state index >= 15 is 0 Å². The number of aryl methyl sites for hydroxylation is 1. The average Bonchev–Trinajstić information content (AvgIpc) is 3.29. The maximum absolute atomic E-state index is 13.2. The fourth-order valence-electron chi connectivity index (χ4n) is 4.11. The van der Waals surface area contributed by atoms with Crippen molar-refractivity contribution < 1.29 is 4.79 Å². The highest BCUT2D eigenvalue weighted by Crippen LogP contribution is 2.26. The summed E-state index contributed by atoms with van der Waals surface area (Å²) in [6.07, 6.45) is 7.07. The van der Waals surface area contributed by atoms with Crippen LogP contribution in [0.15, 0.2) is 59.8 Å². The van der Waals surface area contributed by atoms with Crippen molar-refractivity contribution in [2.24, 2.45) is 0 Å². The highest BCUT2D eigenvalue weighted by molar-refractivity contribution is 5.95. The Bertz CT molecular complexity index is 1030. The molecule has 4 rings (SSSR count). The molecule has 29 heavy (non-hydrogen) atoms. The average molecular weight is 390 g/mol. The minimum Gasteiger partial charge on any atom is -0.348 e. The van der Waals surface area contributed by atoms with E-state index in [0.717, 1.165) is 29.8 Å². The van der Waals surface area contributed by atoms with E-state index in [9.17, 15) is 9.59 Å². The van der Waals surface area contributed by atoms with Crippen LogP contribution in [-0.2, 0) is 0 Å². The largest absolute Gasteiger partial charge is 0.348 e. The lowest BCUT2D eigenvalue weighted by Gasteiger charge is -2.31. The number of nitrogens with zero attached hydrogens (tertiary/aromatic N) is 3. The number of benzene rings is 1. The molecule has 1 aliphatic rings. The maximum Gasteiger partial charge on any atom is 0.264 e. The Labute approximate surface area is 170 Å². The number of nitrogens with one attached hydrogen (secondary N) is 1. The lowest BCUT2D eigenvalue weighted by molar-refractivity contribution is 0.0708. The second kappa shape index (κ2) is 8.07. The van der Waals surface area contributed by atoms with E-state index < -0.39 is 0 Å². The summed E-state index contributed by atoms with van der Waals surface area (Å²) in [5.74, 6) is 1.15. The number of pyridine rings is 1. The standard InChI is InChI=1S/C23H26N4O2/c1-16-8-15-27(17(2)18-6-4-3-5-7-18)23(29)20(16)22(28)26-13-9-19(10-14-26)21-24-11-12-25-21/h3-8,11-12,15,17,19H,9-10,13-14H2,1-2H3,(H,24,25). The van der Waals surface area contributed by atoms with Gasteiger partial charge in [0.05, 0.1) is 6.04 Å². The molecule has 0 saturated carbocycles. The molecule has 0 aliphatic carbocycles.